The van der Waals surface area contributed by atoms with Gasteiger partial charge in [0.2, 0.25) is 0 Å². The molecule has 2 aromatic rings. The summed E-state index contributed by atoms with van der Waals surface area (Å²) in [5.74, 6) is -1.07. The first kappa shape index (κ1) is 18.2. The van der Waals surface area contributed by atoms with Crippen molar-refractivity contribution in [3.05, 3.63) is 45.4 Å². The SMILES string of the molecule is Cc1cc(C(=O)O[C@H](C)C(=O)N2CCNC2=O)c(C)n1Cc1cccs1. The summed E-state index contributed by atoms with van der Waals surface area (Å²) in [6.07, 6.45) is -1.02. The molecule has 0 aromatic carbocycles. The van der Waals surface area contributed by atoms with E-state index in [9.17, 15) is 14.4 Å². The van der Waals surface area contributed by atoms with Gasteiger partial charge in [-0.2, -0.15) is 0 Å². The molecule has 26 heavy (non-hydrogen) atoms. The Hall–Kier alpha value is -2.61. The fourth-order valence-corrected chi connectivity index (χ4v) is 3.68. The number of amides is 3. The number of nitrogens with one attached hydrogen (secondary N) is 1. The van der Waals surface area contributed by atoms with Gasteiger partial charge in [0.1, 0.15) is 0 Å². The van der Waals surface area contributed by atoms with Crippen molar-refractivity contribution in [3.63, 3.8) is 0 Å². The number of carbonyl (C=O) groups is 3. The molecular weight excluding hydrogens is 354 g/mol. The number of ether oxygens (including phenoxy) is 1. The summed E-state index contributed by atoms with van der Waals surface area (Å²) in [5.41, 5.74) is 2.17. The van der Waals surface area contributed by atoms with E-state index in [1.54, 1.807) is 17.4 Å². The van der Waals surface area contributed by atoms with Crippen LogP contribution in [0.3, 0.4) is 0 Å². The first-order chi connectivity index (χ1) is 12.4. The zero-order valence-electron chi connectivity index (χ0n) is 14.9. The van der Waals surface area contributed by atoms with Gasteiger partial charge in [0.15, 0.2) is 6.10 Å². The molecule has 0 unspecified atom stereocenters. The molecule has 1 fully saturated rings. The molecule has 7 nitrogen and oxygen atoms in total. The van der Waals surface area contributed by atoms with Crippen LogP contribution in [0.15, 0.2) is 23.6 Å². The maximum Gasteiger partial charge on any atom is 0.340 e. The van der Waals surface area contributed by atoms with Gasteiger partial charge in [0.25, 0.3) is 5.91 Å². The van der Waals surface area contributed by atoms with E-state index < -0.39 is 24.0 Å². The number of rotatable bonds is 5. The number of urea groups is 1. The number of carbonyl (C=O) groups excluding carboxylic acids is 3. The van der Waals surface area contributed by atoms with Crippen molar-refractivity contribution in [2.45, 2.75) is 33.4 Å². The third-order valence-electron chi connectivity index (χ3n) is 4.44. The van der Waals surface area contributed by atoms with Gasteiger partial charge in [-0.25, -0.2) is 9.59 Å². The molecule has 1 atom stereocenters. The lowest BCUT2D eigenvalue weighted by molar-refractivity contribution is -0.136. The zero-order valence-corrected chi connectivity index (χ0v) is 15.8. The van der Waals surface area contributed by atoms with Crippen molar-refractivity contribution in [1.82, 2.24) is 14.8 Å². The third-order valence-corrected chi connectivity index (χ3v) is 5.30. The average molecular weight is 375 g/mol. The maximum atomic E-state index is 12.5. The van der Waals surface area contributed by atoms with Gasteiger partial charge in [-0.05, 0) is 38.3 Å². The number of nitrogens with zero attached hydrogens (tertiary/aromatic N) is 2. The largest absolute Gasteiger partial charge is 0.449 e. The van der Waals surface area contributed by atoms with E-state index in [4.69, 9.17) is 4.74 Å². The topological polar surface area (TPSA) is 80.6 Å². The van der Waals surface area contributed by atoms with E-state index >= 15 is 0 Å². The minimum Gasteiger partial charge on any atom is -0.449 e. The molecule has 3 amide bonds. The minimum absolute atomic E-state index is 0.287. The van der Waals surface area contributed by atoms with E-state index in [2.05, 4.69) is 5.32 Å². The molecule has 3 heterocycles. The summed E-state index contributed by atoms with van der Waals surface area (Å²) >= 11 is 1.66. The molecular formula is C18H21N3O4S. The molecule has 0 radical (unpaired) electrons. The Morgan fingerprint density at radius 3 is 2.77 bits per heavy atom. The Morgan fingerprint density at radius 1 is 1.38 bits per heavy atom. The number of aryl methyl sites for hydroxylation is 1. The lowest BCUT2D eigenvalue weighted by Gasteiger charge is -2.18. The molecule has 0 bridgehead atoms. The quantitative estimate of drug-likeness (QED) is 0.813. The van der Waals surface area contributed by atoms with Gasteiger partial charge in [-0.15, -0.1) is 11.3 Å². The molecule has 2 aromatic heterocycles. The van der Waals surface area contributed by atoms with Gasteiger partial charge in [-0.3, -0.25) is 9.69 Å². The van der Waals surface area contributed by atoms with E-state index in [1.807, 2.05) is 35.9 Å². The molecule has 8 heteroatoms. The first-order valence-corrected chi connectivity index (χ1v) is 9.25. The Morgan fingerprint density at radius 2 is 2.15 bits per heavy atom. The highest BCUT2D eigenvalue weighted by atomic mass is 32.1. The number of imide groups is 1. The maximum absolute atomic E-state index is 12.5. The summed E-state index contributed by atoms with van der Waals surface area (Å²) in [7, 11) is 0. The van der Waals surface area contributed by atoms with Crippen LogP contribution in [0.25, 0.3) is 0 Å². The summed E-state index contributed by atoms with van der Waals surface area (Å²) in [6, 6.07) is 5.35. The molecule has 1 aliphatic rings. The molecule has 1 N–H and O–H groups in total. The molecule has 0 aliphatic carbocycles. The number of esters is 1. The van der Waals surface area contributed by atoms with Gasteiger partial charge in [0.05, 0.1) is 12.1 Å². The van der Waals surface area contributed by atoms with Crippen molar-refractivity contribution in [3.8, 4) is 0 Å². The first-order valence-electron chi connectivity index (χ1n) is 8.37. The fourth-order valence-electron chi connectivity index (χ4n) is 2.99. The Bertz CT molecular complexity index is 841. The number of aromatic nitrogens is 1. The van der Waals surface area contributed by atoms with E-state index in [1.165, 1.54) is 11.8 Å². The van der Waals surface area contributed by atoms with E-state index in [0.717, 1.165) is 16.3 Å². The Labute approximate surface area is 155 Å². The van der Waals surface area contributed by atoms with E-state index in [-0.39, 0.29) is 6.54 Å². The highest BCUT2D eigenvalue weighted by Crippen LogP contribution is 2.20. The second-order valence-corrected chi connectivity index (χ2v) is 7.25. The summed E-state index contributed by atoms with van der Waals surface area (Å²) < 4.78 is 7.37. The van der Waals surface area contributed by atoms with Crippen LogP contribution in [0.1, 0.15) is 33.5 Å². The smallest absolute Gasteiger partial charge is 0.340 e. The Balaban J connectivity index is 1.71. The highest BCUT2D eigenvalue weighted by molar-refractivity contribution is 7.09. The van der Waals surface area contributed by atoms with Crippen molar-refractivity contribution in [1.29, 1.82) is 0 Å². The van der Waals surface area contributed by atoms with Crippen molar-refractivity contribution < 1.29 is 19.1 Å². The number of hydrogen-bond acceptors (Lipinski definition) is 5. The molecule has 0 saturated carbocycles. The van der Waals surface area contributed by atoms with Crippen LogP contribution in [0.4, 0.5) is 4.79 Å². The van der Waals surface area contributed by atoms with Crippen LogP contribution < -0.4 is 5.32 Å². The summed E-state index contributed by atoms with van der Waals surface area (Å²) in [6.45, 7) is 6.66. The lowest BCUT2D eigenvalue weighted by Crippen LogP contribution is -2.41. The van der Waals surface area contributed by atoms with Gasteiger partial charge >= 0.3 is 12.0 Å². The zero-order chi connectivity index (χ0) is 18.8. The van der Waals surface area contributed by atoms with Crippen LogP contribution in [0, 0.1) is 13.8 Å². The standard InChI is InChI=1S/C18H21N3O4S/c1-11-9-15(12(2)21(11)10-14-5-4-8-26-14)17(23)25-13(3)16(22)20-7-6-19-18(20)24/h4-5,8-9,13H,6-7,10H2,1-3H3,(H,19,24)/t13-/m1/s1. The van der Waals surface area contributed by atoms with Crippen molar-refractivity contribution >= 4 is 29.2 Å². The van der Waals surface area contributed by atoms with Crippen LogP contribution in [0.5, 0.6) is 0 Å². The normalized spacial score (nSPS) is 15.0. The monoisotopic (exact) mass is 375 g/mol. The molecule has 0 spiro atoms. The van der Waals surface area contributed by atoms with Gasteiger partial charge in [0, 0.05) is 29.4 Å². The van der Waals surface area contributed by atoms with Crippen molar-refractivity contribution in [2.24, 2.45) is 0 Å². The predicted octanol–water partition coefficient (Wildman–Crippen LogP) is 2.31. The molecule has 1 saturated heterocycles. The van der Waals surface area contributed by atoms with Crippen LogP contribution in [-0.4, -0.2) is 46.6 Å². The fraction of sp³-hybridized carbons (Fsp3) is 0.389. The number of thiophene rings is 1. The van der Waals surface area contributed by atoms with E-state index in [0.29, 0.717) is 18.7 Å². The highest BCUT2D eigenvalue weighted by Gasteiger charge is 2.32. The molecule has 138 valence electrons. The average Bonchev–Trinajstić information content (AvgIpc) is 3.32. The third kappa shape index (κ3) is 3.50. The summed E-state index contributed by atoms with van der Waals surface area (Å²) in [5, 5.41) is 4.57. The second-order valence-electron chi connectivity index (χ2n) is 6.22. The predicted molar refractivity (Wildman–Crippen MR) is 97.3 cm³/mol. The van der Waals surface area contributed by atoms with Gasteiger partial charge < -0.3 is 14.6 Å². The number of hydrogen-bond donors (Lipinski definition) is 1. The Kier molecular flexibility index (Phi) is 5.13. The van der Waals surface area contributed by atoms with Gasteiger partial charge in [-0.1, -0.05) is 6.07 Å². The second kappa shape index (κ2) is 7.33. The van der Waals surface area contributed by atoms with Crippen LogP contribution >= 0.6 is 11.3 Å². The lowest BCUT2D eigenvalue weighted by atomic mass is 10.2. The molecule has 1 aliphatic heterocycles. The summed E-state index contributed by atoms with van der Waals surface area (Å²) in [4.78, 5) is 38.7. The van der Waals surface area contributed by atoms with Crippen LogP contribution in [0.2, 0.25) is 0 Å². The minimum atomic E-state index is -1.02. The molecule has 3 rings (SSSR count). The van der Waals surface area contributed by atoms with Crippen LogP contribution in [-0.2, 0) is 16.1 Å². The van der Waals surface area contributed by atoms with Crippen molar-refractivity contribution in [2.75, 3.05) is 13.1 Å².